The van der Waals surface area contributed by atoms with E-state index in [-0.39, 0.29) is 5.97 Å². The molecule has 3 heteroatoms. The van der Waals surface area contributed by atoms with Crippen LogP contribution in [0.15, 0.2) is 12.2 Å². The van der Waals surface area contributed by atoms with Crippen LogP contribution in [-0.4, -0.2) is 26.2 Å². The topological polar surface area (TPSA) is 38.3 Å². The highest BCUT2D eigenvalue weighted by atomic mass is 16.5. The highest BCUT2D eigenvalue weighted by molar-refractivity contribution is 5.69. The maximum atomic E-state index is 10.6. The molecule has 0 saturated carbocycles. The van der Waals surface area contributed by atoms with Crippen LogP contribution in [0.5, 0.6) is 0 Å². The van der Waals surface area contributed by atoms with Gasteiger partial charge in [0, 0.05) is 13.0 Å². The van der Waals surface area contributed by atoms with E-state index >= 15 is 0 Å². The lowest BCUT2D eigenvalue weighted by atomic mass is 10.3. The number of methoxy groups -OCH3 is 1. The molecule has 12 heavy (non-hydrogen) atoms. The fourth-order valence-electron chi connectivity index (χ4n) is 0.762. The molecule has 0 bridgehead atoms. The second kappa shape index (κ2) is 6.85. The van der Waals surface area contributed by atoms with Crippen molar-refractivity contribution in [3.05, 3.63) is 12.2 Å². The van der Waals surface area contributed by atoms with Crippen LogP contribution in [0.1, 0.15) is 19.8 Å². The molecule has 0 spiro atoms. The quantitative estimate of drug-likeness (QED) is 0.369. The van der Waals surface area contributed by atoms with Crippen molar-refractivity contribution < 1.29 is 9.53 Å². The molecule has 70 valence electrons. The monoisotopic (exact) mass is 171 g/mol. The number of ether oxygens (including phenoxy) is 1. The van der Waals surface area contributed by atoms with Crippen LogP contribution < -0.4 is 5.32 Å². The first kappa shape index (κ1) is 11.2. The molecule has 0 heterocycles. The minimum Gasteiger partial charge on any atom is -0.469 e. The zero-order valence-corrected chi connectivity index (χ0v) is 7.85. The normalized spacial score (nSPS) is 9.50. The van der Waals surface area contributed by atoms with Crippen molar-refractivity contribution in [2.75, 3.05) is 20.2 Å². The molecular weight excluding hydrogens is 154 g/mol. The predicted molar refractivity (Wildman–Crippen MR) is 48.9 cm³/mol. The summed E-state index contributed by atoms with van der Waals surface area (Å²) in [6, 6.07) is 0. The van der Waals surface area contributed by atoms with Crippen molar-refractivity contribution in [1.82, 2.24) is 5.32 Å². The van der Waals surface area contributed by atoms with Gasteiger partial charge in [-0.1, -0.05) is 12.2 Å². The van der Waals surface area contributed by atoms with Gasteiger partial charge in [-0.15, -0.1) is 0 Å². The molecule has 1 N–H and O–H groups in total. The van der Waals surface area contributed by atoms with Crippen molar-refractivity contribution in [1.29, 1.82) is 0 Å². The van der Waals surface area contributed by atoms with Gasteiger partial charge in [-0.2, -0.15) is 0 Å². The van der Waals surface area contributed by atoms with Crippen LogP contribution in [0.2, 0.25) is 0 Å². The fourth-order valence-corrected chi connectivity index (χ4v) is 0.762. The van der Waals surface area contributed by atoms with Gasteiger partial charge in [-0.3, -0.25) is 4.79 Å². The standard InChI is InChI=1S/C9H17NO2/c1-8(2)7-10-6-4-5-9(11)12-3/h10H,1,4-7H2,2-3H3. The van der Waals surface area contributed by atoms with Gasteiger partial charge in [0.2, 0.25) is 0 Å². The van der Waals surface area contributed by atoms with E-state index in [1.54, 1.807) is 0 Å². The second-order valence-corrected chi connectivity index (χ2v) is 2.81. The van der Waals surface area contributed by atoms with Crippen LogP contribution in [0.3, 0.4) is 0 Å². The molecule has 0 fully saturated rings. The first-order chi connectivity index (χ1) is 5.66. The lowest BCUT2D eigenvalue weighted by Gasteiger charge is -2.02. The van der Waals surface area contributed by atoms with Crippen LogP contribution in [-0.2, 0) is 9.53 Å². The van der Waals surface area contributed by atoms with E-state index in [1.807, 2.05) is 6.92 Å². The Balaban J connectivity index is 3.11. The van der Waals surface area contributed by atoms with Crippen LogP contribution in [0, 0.1) is 0 Å². The van der Waals surface area contributed by atoms with Gasteiger partial charge in [0.15, 0.2) is 0 Å². The third-order valence-corrected chi connectivity index (χ3v) is 1.39. The number of carbonyl (C=O) groups excluding carboxylic acids is 1. The van der Waals surface area contributed by atoms with Gasteiger partial charge in [0.05, 0.1) is 7.11 Å². The Kier molecular flexibility index (Phi) is 6.38. The lowest BCUT2D eigenvalue weighted by molar-refractivity contribution is -0.140. The molecule has 0 amide bonds. The molecule has 0 rings (SSSR count). The molecule has 0 aromatic rings. The summed E-state index contributed by atoms with van der Waals surface area (Å²) in [4.78, 5) is 10.6. The zero-order valence-electron chi connectivity index (χ0n) is 7.85. The minimum atomic E-state index is -0.146. The summed E-state index contributed by atoms with van der Waals surface area (Å²) < 4.78 is 4.49. The van der Waals surface area contributed by atoms with Crippen molar-refractivity contribution in [3.63, 3.8) is 0 Å². The molecular formula is C9H17NO2. The largest absolute Gasteiger partial charge is 0.469 e. The Morgan fingerprint density at radius 2 is 2.25 bits per heavy atom. The molecule has 0 atom stereocenters. The molecule has 3 nitrogen and oxygen atoms in total. The summed E-state index contributed by atoms with van der Waals surface area (Å²) in [5.41, 5.74) is 1.10. The molecule has 0 unspecified atom stereocenters. The molecule has 0 aliphatic rings. The van der Waals surface area contributed by atoms with Crippen molar-refractivity contribution in [2.45, 2.75) is 19.8 Å². The highest BCUT2D eigenvalue weighted by Gasteiger charge is 1.97. The van der Waals surface area contributed by atoms with E-state index in [2.05, 4.69) is 16.6 Å². The molecule has 0 aliphatic heterocycles. The van der Waals surface area contributed by atoms with Crippen LogP contribution >= 0.6 is 0 Å². The van der Waals surface area contributed by atoms with E-state index in [1.165, 1.54) is 7.11 Å². The third-order valence-electron chi connectivity index (χ3n) is 1.39. The molecule has 0 aliphatic carbocycles. The number of carbonyl (C=O) groups is 1. The number of nitrogens with one attached hydrogen (secondary N) is 1. The summed E-state index contributed by atoms with van der Waals surface area (Å²) >= 11 is 0. The Morgan fingerprint density at radius 3 is 2.75 bits per heavy atom. The Morgan fingerprint density at radius 1 is 1.58 bits per heavy atom. The summed E-state index contributed by atoms with van der Waals surface area (Å²) in [6.07, 6.45) is 1.31. The van der Waals surface area contributed by atoms with E-state index < -0.39 is 0 Å². The van der Waals surface area contributed by atoms with Crippen molar-refractivity contribution >= 4 is 5.97 Å². The zero-order chi connectivity index (χ0) is 9.40. The minimum absolute atomic E-state index is 0.146. The van der Waals surface area contributed by atoms with E-state index in [9.17, 15) is 4.79 Å². The summed E-state index contributed by atoms with van der Waals surface area (Å²) in [5, 5.41) is 3.16. The average Bonchev–Trinajstić information content (AvgIpc) is 2.03. The Labute approximate surface area is 73.8 Å². The summed E-state index contributed by atoms with van der Waals surface area (Å²) in [7, 11) is 1.41. The van der Waals surface area contributed by atoms with Crippen molar-refractivity contribution in [3.8, 4) is 0 Å². The number of hydrogen-bond donors (Lipinski definition) is 1. The number of hydrogen-bond acceptors (Lipinski definition) is 3. The smallest absolute Gasteiger partial charge is 0.305 e. The van der Waals surface area contributed by atoms with E-state index in [0.29, 0.717) is 6.42 Å². The Bertz CT molecular complexity index is 155. The number of rotatable bonds is 6. The Hall–Kier alpha value is -0.830. The molecule has 0 radical (unpaired) electrons. The third kappa shape index (κ3) is 7.28. The van der Waals surface area contributed by atoms with Gasteiger partial charge in [-0.25, -0.2) is 0 Å². The maximum Gasteiger partial charge on any atom is 0.305 e. The molecule has 0 saturated heterocycles. The fraction of sp³-hybridized carbons (Fsp3) is 0.667. The van der Waals surface area contributed by atoms with Gasteiger partial charge in [-0.05, 0) is 19.9 Å². The van der Waals surface area contributed by atoms with Gasteiger partial charge < -0.3 is 10.1 Å². The molecule has 0 aromatic carbocycles. The molecule has 0 aromatic heterocycles. The van der Waals surface area contributed by atoms with Gasteiger partial charge in [0.25, 0.3) is 0 Å². The van der Waals surface area contributed by atoms with Crippen molar-refractivity contribution in [2.24, 2.45) is 0 Å². The second-order valence-electron chi connectivity index (χ2n) is 2.81. The number of esters is 1. The van der Waals surface area contributed by atoms with E-state index in [0.717, 1.165) is 25.1 Å². The van der Waals surface area contributed by atoms with Gasteiger partial charge in [0.1, 0.15) is 0 Å². The SMILES string of the molecule is C=C(C)CNCCCC(=O)OC. The summed E-state index contributed by atoms with van der Waals surface area (Å²) in [6.45, 7) is 7.37. The first-order valence-electron chi connectivity index (χ1n) is 4.08. The highest BCUT2D eigenvalue weighted by Crippen LogP contribution is 1.90. The van der Waals surface area contributed by atoms with Crippen LogP contribution in [0.4, 0.5) is 0 Å². The van der Waals surface area contributed by atoms with Gasteiger partial charge >= 0.3 is 5.97 Å². The first-order valence-corrected chi connectivity index (χ1v) is 4.08. The lowest BCUT2D eigenvalue weighted by Crippen LogP contribution is -2.18. The summed E-state index contributed by atoms with van der Waals surface area (Å²) in [5.74, 6) is -0.146. The van der Waals surface area contributed by atoms with Crippen LogP contribution in [0.25, 0.3) is 0 Å². The predicted octanol–water partition coefficient (Wildman–Crippen LogP) is 1.11. The average molecular weight is 171 g/mol. The maximum absolute atomic E-state index is 10.6. The van der Waals surface area contributed by atoms with E-state index in [4.69, 9.17) is 0 Å².